The van der Waals surface area contributed by atoms with Crippen LogP contribution in [0.3, 0.4) is 0 Å². The third-order valence-electron chi connectivity index (χ3n) is 6.01. The van der Waals surface area contributed by atoms with Gasteiger partial charge < -0.3 is 0 Å². The number of ether oxygens (including phenoxy) is 1. The molecule has 0 saturated carbocycles. The molecule has 0 aliphatic rings. The predicted molar refractivity (Wildman–Crippen MR) is 150 cm³/mol. The van der Waals surface area contributed by atoms with Crippen molar-refractivity contribution in [2.45, 2.75) is 61.5 Å². The van der Waals surface area contributed by atoms with E-state index in [0.717, 1.165) is 11.3 Å². The molecule has 35 heavy (non-hydrogen) atoms. The van der Waals surface area contributed by atoms with Crippen LogP contribution in [0, 0.1) is 41.5 Å². The second-order valence-electron chi connectivity index (χ2n) is 9.78. The SMILES string of the molecule is Cc1cc(C)c(N(C)[C](=[Ru]=[CH]c2ccccc2OC(C)C)N(C)c2c(C)cc(C)cc2C)c(C)c1. The summed E-state index contributed by atoms with van der Waals surface area (Å²) in [5, 5.41) is 0. The van der Waals surface area contributed by atoms with Crippen molar-refractivity contribution >= 4 is 20.3 Å². The summed E-state index contributed by atoms with van der Waals surface area (Å²) in [5.41, 5.74) is 11.6. The zero-order valence-corrected chi connectivity index (χ0v) is 24.7. The van der Waals surface area contributed by atoms with E-state index in [1.807, 2.05) is 6.07 Å². The molecular weight excluding hydrogens is 517 g/mol. The molecule has 4 heteroatoms. The van der Waals surface area contributed by atoms with Gasteiger partial charge in [-0.1, -0.05) is 0 Å². The van der Waals surface area contributed by atoms with Crippen LogP contribution in [0.1, 0.15) is 52.8 Å². The zero-order valence-electron chi connectivity index (χ0n) is 22.9. The van der Waals surface area contributed by atoms with Crippen LogP contribution in [0.25, 0.3) is 0 Å². The summed E-state index contributed by atoms with van der Waals surface area (Å²) in [6.07, 6.45) is 0.143. The quantitative estimate of drug-likeness (QED) is 0.294. The van der Waals surface area contributed by atoms with Crippen molar-refractivity contribution in [3.63, 3.8) is 0 Å². The van der Waals surface area contributed by atoms with Gasteiger partial charge in [-0.05, 0) is 0 Å². The Morgan fingerprint density at radius 3 is 1.60 bits per heavy atom. The van der Waals surface area contributed by atoms with Crippen molar-refractivity contribution in [3.05, 3.63) is 87.5 Å². The molecule has 3 aromatic carbocycles. The molecule has 3 nitrogen and oxygen atoms in total. The van der Waals surface area contributed by atoms with Gasteiger partial charge in [0, 0.05) is 0 Å². The van der Waals surface area contributed by atoms with E-state index in [1.165, 1.54) is 49.1 Å². The Hall–Kier alpha value is -2.58. The fraction of sp³-hybridized carbons (Fsp3) is 0.355. The molecule has 0 saturated heterocycles. The number of aryl methyl sites for hydroxylation is 6. The minimum atomic E-state index is -0.268. The maximum atomic E-state index is 6.12. The van der Waals surface area contributed by atoms with Crippen LogP contribution in [0.15, 0.2) is 48.5 Å². The van der Waals surface area contributed by atoms with Gasteiger partial charge in [-0.2, -0.15) is 0 Å². The molecular formula is C31H40N2ORu. The number of nitrogens with zero attached hydrogens (tertiary/aromatic N) is 2. The number of anilines is 2. The first-order valence-electron chi connectivity index (χ1n) is 12.2. The van der Waals surface area contributed by atoms with Crippen LogP contribution in [0.2, 0.25) is 0 Å². The molecule has 0 atom stereocenters. The fourth-order valence-corrected chi connectivity index (χ4v) is 6.94. The third-order valence-corrected chi connectivity index (χ3v) is 8.42. The standard InChI is InChI=1S/C21H28N2.C10H12O.Ru/c1-14-9-16(3)20(17(4)10-14)22(7)13-23(8)21-18(5)11-15(2)12-19(21)6;1-8(2)11-10-7-5-4-6-9(10)3;/h9-12H,1-8H3;3-8H,1-2H3;. The molecule has 0 radical (unpaired) electrons. The number of hydrogen-bond acceptors (Lipinski definition) is 3. The number of benzene rings is 3. The van der Waals surface area contributed by atoms with Gasteiger partial charge in [0.2, 0.25) is 0 Å². The van der Waals surface area contributed by atoms with Gasteiger partial charge in [-0.15, -0.1) is 0 Å². The van der Waals surface area contributed by atoms with Crippen LogP contribution in [0.4, 0.5) is 11.4 Å². The first kappa shape index (κ1) is 27.0. The first-order valence-corrected chi connectivity index (χ1v) is 14.1. The van der Waals surface area contributed by atoms with Gasteiger partial charge in [0.25, 0.3) is 0 Å². The summed E-state index contributed by atoms with van der Waals surface area (Å²) in [6, 6.07) is 17.5. The van der Waals surface area contributed by atoms with E-state index >= 15 is 0 Å². The molecule has 0 aliphatic heterocycles. The van der Waals surface area contributed by atoms with Crippen molar-refractivity contribution in [3.8, 4) is 5.75 Å². The Kier molecular flexibility index (Phi) is 8.83. The van der Waals surface area contributed by atoms with Gasteiger partial charge >= 0.3 is 220 Å². The van der Waals surface area contributed by atoms with Crippen molar-refractivity contribution in [2.24, 2.45) is 0 Å². The van der Waals surface area contributed by atoms with Crippen molar-refractivity contribution in [2.75, 3.05) is 23.9 Å². The Balaban J connectivity index is 2.24. The summed E-state index contributed by atoms with van der Waals surface area (Å²) in [4.78, 5) is 4.81. The molecule has 0 aliphatic carbocycles. The Morgan fingerprint density at radius 1 is 0.743 bits per heavy atom. The summed E-state index contributed by atoms with van der Waals surface area (Å²) in [5.74, 6) is 0.951. The molecule has 0 unspecified atom stereocenters. The van der Waals surface area contributed by atoms with Crippen molar-refractivity contribution in [1.29, 1.82) is 0 Å². The molecule has 3 rings (SSSR count). The van der Waals surface area contributed by atoms with Crippen LogP contribution < -0.4 is 14.5 Å². The molecule has 0 bridgehead atoms. The molecule has 0 amide bonds. The van der Waals surface area contributed by atoms with Crippen molar-refractivity contribution < 1.29 is 21.0 Å². The van der Waals surface area contributed by atoms with Gasteiger partial charge in [-0.3, -0.25) is 0 Å². The van der Waals surface area contributed by atoms with Crippen LogP contribution >= 0.6 is 0 Å². The van der Waals surface area contributed by atoms with Gasteiger partial charge in [-0.25, -0.2) is 0 Å². The van der Waals surface area contributed by atoms with Crippen molar-refractivity contribution in [1.82, 2.24) is 0 Å². The Bertz CT molecular complexity index is 1170. The second-order valence-corrected chi connectivity index (χ2v) is 11.6. The third kappa shape index (κ3) is 6.36. The monoisotopic (exact) mass is 558 g/mol. The number of hydrogen-bond donors (Lipinski definition) is 0. The average molecular weight is 558 g/mol. The normalized spacial score (nSPS) is 10.9. The fourth-order valence-electron chi connectivity index (χ4n) is 4.97. The number of rotatable bonds is 7. The molecule has 0 spiro atoms. The Morgan fingerprint density at radius 2 is 1.17 bits per heavy atom. The molecule has 3 aromatic rings. The van der Waals surface area contributed by atoms with Gasteiger partial charge in [0.15, 0.2) is 0 Å². The van der Waals surface area contributed by atoms with Gasteiger partial charge in [0.05, 0.1) is 0 Å². The summed E-state index contributed by atoms with van der Waals surface area (Å²) in [7, 11) is 4.43. The van der Waals surface area contributed by atoms with Crippen LogP contribution in [-0.4, -0.2) is 29.2 Å². The van der Waals surface area contributed by atoms with E-state index < -0.39 is 0 Å². The zero-order chi connectivity index (χ0) is 25.9. The van der Waals surface area contributed by atoms with E-state index in [4.69, 9.17) is 4.74 Å². The number of para-hydroxylation sites is 1. The predicted octanol–water partition coefficient (Wildman–Crippen LogP) is 6.92. The van der Waals surface area contributed by atoms with Crippen LogP contribution in [0.5, 0.6) is 5.75 Å². The molecule has 0 aromatic heterocycles. The molecule has 0 N–H and O–H groups in total. The van der Waals surface area contributed by atoms with E-state index in [-0.39, 0.29) is 22.3 Å². The second kappa shape index (κ2) is 11.4. The molecule has 0 heterocycles. The summed E-state index contributed by atoms with van der Waals surface area (Å²) >= 11 is -0.268. The van der Waals surface area contributed by atoms with Gasteiger partial charge in [0.1, 0.15) is 0 Å². The maximum absolute atomic E-state index is 6.12. The minimum absolute atomic E-state index is 0.143. The van der Waals surface area contributed by atoms with Crippen LogP contribution in [-0.2, 0) is 16.2 Å². The molecule has 0 fully saturated rings. The van der Waals surface area contributed by atoms with E-state index in [2.05, 4.69) is 126 Å². The first-order chi connectivity index (χ1) is 16.5. The topological polar surface area (TPSA) is 15.7 Å². The average Bonchev–Trinajstić information content (AvgIpc) is 2.73. The Labute approximate surface area is 219 Å². The van der Waals surface area contributed by atoms with E-state index in [0.29, 0.717) is 0 Å². The van der Waals surface area contributed by atoms with E-state index in [1.54, 1.807) is 0 Å². The summed E-state index contributed by atoms with van der Waals surface area (Å²) < 4.78 is 9.80. The van der Waals surface area contributed by atoms with E-state index in [9.17, 15) is 0 Å². The molecule has 188 valence electrons. The summed E-state index contributed by atoms with van der Waals surface area (Å²) in [6.45, 7) is 17.4.